The van der Waals surface area contributed by atoms with Gasteiger partial charge in [0.15, 0.2) is 5.78 Å². The standard InChI is InChI=1S/C18H13N3OS/c19-11-14-15(16(22)12-7-3-1-4-8-12)17(20)23-18(14)21-13-9-5-2-6-10-13/h1-10,21H,20H2. The topological polar surface area (TPSA) is 78.9 Å². The summed E-state index contributed by atoms with van der Waals surface area (Å²) in [4.78, 5) is 12.7. The fourth-order valence-electron chi connectivity index (χ4n) is 2.26. The highest BCUT2D eigenvalue weighted by molar-refractivity contribution is 7.20. The van der Waals surface area contributed by atoms with Crippen molar-refractivity contribution in [3.05, 3.63) is 77.4 Å². The largest absolute Gasteiger partial charge is 0.390 e. The molecule has 2 aromatic carbocycles. The summed E-state index contributed by atoms with van der Waals surface area (Å²) in [5, 5.41) is 13.6. The van der Waals surface area contributed by atoms with E-state index >= 15 is 0 Å². The van der Waals surface area contributed by atoms with Crippen LogP contribution >= 0.6 is 11.3 Å². The van der Waals surface area contributed by atoms with Gasteiger partial charge >= 0.3 is 0 Å². The Hall–Kier alpha value is -3.10. The third kappa shape index (κ3) is 2.93. The second-order valence-corrected chi connectivity index (χ2v) is 5.90. The van der Waals surface area contributed by atoms with Gasteiger partial charge in [-0.05, 0) is 12.1 Å². The summed E-state index contributed by atoms with van der Waals surface area (Å²) in [6.07, 6.45) is 0. The van der Waals surface area contributed by atoms with Gasteiger partial charge in [-0.3, -0.25) is 4.79 Å². The van der Waals surface area contributed by atoms with Crippen LogP contribution in [-0.2, 0) is 0 Å². The molecular formula is C18H13N3OS. The lowest BCUT2D eigenvalue weighted by Crippen LogP contribution is -2.05. The van der Waals surface area contributed by atoms with Crippen molar-refractivity contribution in [2.24, 2.45) is 0 Å². The fraction of sp³-hybridized carbons (Fsp3) is 0. The average molecular weight is 319 g/mol. The lowest BCUT2D eigenvalue weighted by molar-refractivity contribution is 0.103. The number of hydrogen-bond acceptors (Lipinski definition) is 5. The van der Waals surface area contributed by atoms with Crippen molar-refractivity contribution in [3.8, 4) is 6.07 Å². The van der Waals surface area contributed by atoms with Crippen LogP contribution in [0.2, 0.25) is 0 Å². The van der Waals surface area contributed by atoms with Gasteiger partial charge in [0.2, 0.25) is 0 Å². The van der Waals surface area contributed by atoms with E-state index in [0.717, 1.165) is 5.69 Å². The first kappa shape index (κ1) is 14.8. The minimum absolute atomic E-state index is 0.239. The van der Waals surface area contributed by atoms with Crippen LogP contribution in [-0.4, -0.2) is 5.78 Å². The molecular weight excluding hydrogens is 306 g/mol. The van der Waals surface area contributed by atoms with Crippen molar-refractivity contribution >= 4 is 32.8 Å². The molecule has 0 atom stereocenters. The third-order valence-corrected chi connectivity index (χ3v) is 4.28. The van der Waals surface area contributed by atoms with Gasteiger partial charge in [-0.15, -0.1) is 0 Å². The van der Waals surface area contributed by atoms with Crippen molar-refractivity contribution in [1.29, 1.82) is 5.26 Å². The van der Waals surface area contributed by atoms with E-state index in [-0.39, 0.29) is 16.9 Å². The van der Waals surface area contributed by atoms with Crippen molar-refractivity contribution in [2.45, 2.75) is 0 Å². The van der Waals surface area contributed by atoms with Crippen LogP contribution in [0.5, 0.6) is 0 Å². The number of hydrogen-bond donors (Lipinski definition) is 2. The average Bonchev–Trinajstić information content (AvgIpc) is 2.91. The number of thiophene rings is 1. The van der Waals surface area contributed by atoms with Gasteiger partial charge < -0.3 is 11.1 Å². The number of nitrogen functional groups attached to an aromatic ring is 1. The van der Waals surface area contributed by atoms with Crippen molar-refractivity contribution in [1.82, 2.24) is 0 Å². The minimum Gasteiger partial charge on any atom is -0.390 e. The first-order chi connectivity index (χ1) is 11.2. The Kier molecular flexibility index (Phi) is 4.09. The zero-order chi connectivity index (χ0) is 16.2. The normalized spacial score (nSPS) is 10.0. The smallest absolute Gasteiger partial charge is 0.197 e. The molecule has 0 bridgehead atoms. The first-order valence-corrected chi connectivity index (χ1v) is 7.76. The number of nitrogens with zero attached hydrogens (tertiary/aromatic N) is 1. The molecule has 0 unspecified atom stereocenters. The SMILES string of the molecule is N#Cc1c(Nc2ccccc2)sc(N)c1C(=O)c1ccccc1. The van der Waals surface area contributed by atoms with Crippen molar-refractivity contribution in [3.63, 3.8) is 0 Å². The highest BCUT2D eigenvalue weighted by Gasteiger charge is 2.23. The molecule has 0 saturated heterocycles. The van der Waals surface area contributed by atoms with E-state index in [1.807, 2.05) is 36.4 Å². The monoisotopic (exact) mass is 319 g/mol. The summed E-state index contributed by atoms with van der Waals surface area (Å²) in [5.41, 5.74) is 7.92. The molecule has 0 fully saturated rings. The molecule has 5 heteroatoms. The van der Waals surface area contributed by atoms with Gasteiger partial charge in [-0.2, -0.15) is 5.26 Å². The molecule has 4 nitrogen and oxygen atoms in total. The first-order valence-electron chi connectivity index (χ1n) is 6.95. The molecule has 112 valence electrons. The van der Waals surface area contributed by atoms with Gasteiger partial charge in [0.25, 0.3) is 0 Å². The number of nitrogens with one attached hydrogen (secondary N) is 1. The molecule has 0 saturated carbocycles. The quantitative estimate of drug-likeness (QED) is 0.707. The molecule has 0 radical (unpaired) electrons. The number of para-hydroxylation sites is 1. The van der Waals surface area contributed by atoms with Crippen molar-refractivity contribution in [2.75, 3.05) is 11.1 Å². The predicted octanol–water partition coefficient (Wildman–Crippen LogP) is 4.18. The highest BCUT2D eigenvalue weighted by Crippen LogP contribution is 2.38. The van der Waals surface area contributed by atoms with Crippen LogP contribution in [0, 0.1) is 11.3 Å². The number of benzene rings is 2. The number of carbonyl (C=O) groups is 1. The Labute approximate surface area is 137 Å². The maximum atomic E-state index is 12.7. The van der Waals surface area contributed by atoms with Crippen molar-refractivity contribution < 1.29 is 4.79 Å². The van der Waals surface area contributed by atoms with E-state index in [1.165, 1.54) is 11.3 Å². The zero-order valence-corrected chi connectivity index (χ0v) is 12.9. The number of nitriles is 1. The highest BCUT2D eigenvalue weighted by atomic mass is 32.1. The molecule has 0 aliphatic carbocycles. The fourth-order valence-corrected chi connectivity index (χ4v) is 3.19. The molecule has 23 heavy (non-hydrogen) atoms. The third-order valence-electron chi connectivity index (χ3n) is 3.34. The maximum Gasteiger partial charge on any atom is 0.197 e. The molecule has 3 aromatic rings. The second kappa shape index (κ2) is 6.34. The molecule has 1 aromatic heterocycles. The van der Waals surface area contributed by atoms with Crippen LogP contribution in [0.3, 0.4) is 0 Å². The summed E-state index contributed by atoms with van der Waals surface area (Å²) in [6.45, 7) is 0. The second-order valence-electron chi connectivity index (χ2n) is 4.84. The summed E-state index contributed by atoms with van der Waals surface area (Å²) in [6, 6.07) is 20.4. The Morgan fingerprint density at radius 1 is 1.04 bits per heavy atom. The van der Waals surface area contributed by atoms with Gasteiger partial charge in [-0.25, -0.2) is 0 Å². The molecule has 0 aliphatic rings. The molecule has 0 spiro atoms. The number of anilines is 3. The van der Waals surface area contributed by atoms with E-state index in [0.29, 0.717) is 15.6 Å². The van der Waals surface area contributed by atoms with E-state index in [9.17, 15) is 10.1 Å². The summed E-state index contributed by atoms with van der Waals surface area (Å²) in [7, 11) is 0. The van der Waals surface area contributed by atoms with E-state index in [1.54, 1.807) is 24.3 Å². The number of nitrogens with two attached hydrogens (primary N) is 1. The Balaban J connectivity index is 2.02. The van der Waals surface area contributed by atoms with Crippen LogP contribution < -0.4 is 11.1 Å². The van der Waals surface area contributed by atoms with E-state index in [2.05, 4.69) is 11.4 Å². The van der Waals surface area contributed by atoms with Crippen LogP contribution in [0.1, 0.15) is 21.5 Å². The molecule has 3 N–H and O–H groups in total. The van der Waals surface area contributed by atoms with Gasteiger partial charge in [0, 0.05) is 11.3 Å². The number of ketones is 1. The van der Waals surface area contributed by atoms with Crippen LogP contribution in [0.25, 0.3) is 0 Å². The van der Waals surface area contributed by atoms with Crippen LogP contribution in [0.4, 0.5) is 15.7 Å². The lowest BCUT2D eigenvalue weighted by atomic mass is 10.0. The maximum absolute atomic E-state index is 12.7. The Morgan fingerprint density at radius 3 is 2.26 bits per heavy atom. The predicted molar refractivity (Wildman–Crippen MR) is 93.0 cm³/mol. The molecule has 1 heterocycles. The van der Waals surface area contributed by atoms with Crippen LogP contribution in [0.15, 0.2) is 60.7 Å². The summed E-state index contributed by atoms with van der Waals surface area (Å²) in [5.74, 6) is -0.239. The summed E-state index contributed by atoms with van der Waals surface area (Å²) >= 11 is 1.21. The Morgan fingerprint density at radius 2 is 1.65 bits per heavy atom. The number of rotatable bonds is 4. The zero-order valence-electron chi connectivity index (χ0n) is 12.1. The van der Waals surface area contributed by atoms with Gasteiger partial charge in [-0.1, -0.05) is 59.9 Å². The Bertz CT molecular complexity index is 880. The van der Waals surface area contributed by atoms with Gasteiger partial charge in [0.1, 0.15) is 21.6 Å². The molecule has 0 amide bonds. The molecule has 3 rings (SSSR count). The van der Waals surface area contributed by atoms with E-state index < -0.39 is 0 Å². The molecule has 0 aliphatic heterocycles. The van der Waals surface area contributed by atoms with Gasteiger partial charge in [0.05, 0.1) is 5.56 Å². The van der Waals surface area contributed by atoms with E-state index in [4.69, 9.17) is 5.73 Å². The minimum atomic E-state index is -0.239. The summed E-state index contributed by atoms with van der Waals surface area (Å²) < 4.78 is 0. The number of carbonyl (C=O) groups excluding carboxylic acids is 1. The lowest BCUT2D eigenvalue weighted by Gasteiger charge is -2.04.